The third-order valence-electron chi connectivity index (χ3n) is 3.90. The van der Waals surface area contributed by atoms with Crippen molar-refractivity contribution in [1.82, 2.24) is 15.5 Å². The second-order valence-electron chi connectivity index (χ2n) is 5.72. The zero-order valence-electron chi connectivity index (χ0n) is 13.4. The summed E-state index contributed by atoms with van der Waals surface area (Å²) in [4.78, 5) is 14.5. The number of ether oxygens (including phenoxy) is 1. The molecular weight excluding hydrogens is 254 g/mol. The summed E-state index contributed by atoms with van der Waals surface area (Å²) in [7, 11) is 0. The molecule has 118 valence electrons. The maximum Gasteiger partial charge on any atom is 0.237 e. The Hall–Kier alpha value is -0.650. The summed E-state index contributed by atoms with van der Waals surface area (Å²) in [6.45, 7) is 12.9. The molecule has 2 N–H and O–H groups in total. The molecule has 0 radical (unpaired) electrons. The molecule has 5 heteroatoms. The van der Waals surface area contributed by atoms with Crippen molar-refractivity contribution < 1.29 is 9.53 Å². The fraction of sp³-hybridized carbons (Fsp3) is 0.933. The van der Waals surface area contributed by atoms with Crippen LogP contribution < -0.4 is 10.6 Å². The lowest BCUT2D eigenvalue weighted by molar-refractivity contribution is -0.123. The molecular formula is C15H31N3O2. The fourth-order valence-corrected chi connectivity index (χ4v) is 2.55. The molecule has 1 heterocycles. The summed E-state index contributed by atoms with van der Waals surface area (Å²) in [6.07, 6.45) is 1.97. The second kappa shape index (κ2) is 9.32. The number of carbonyl (C=O) groups is 1. The van der Waals surface area contributed by atoms with Crippen molar-refractivity contribution in [3.8, 4) is 0 Å². The van der Waals surface area contributed by atoms with Gasteiger partial charge in [0.2, 0.25) is 5.91 Å². The number of amides is 1. The molecule has 0 saturated carbocycles. The summed E-state index contributed by atoms with van der Waals surface area (Å²) >= 11 is 0. The minimum Gasteiger partial charge on any atom is -0.379 e. The van der Waals surface area contributed by atoms with E-state index in [1.165, 1.54) is 0 Å². The summed E-state index contributed by atoms with van der Waals surface area (Å²) in [5.74, 6) is 0.104. The fourth-order valence-electron chi connectivity index (χ4n) is 2.55. The summed E-state index contributed by atoms with van der Waals surface area (Å²) in [6, 6.07) is 0.448. The highest BCUT2D eigenvalue weighted by Crippen LogP contribution is 2.01. The van der Waals surface area contributed by atoms with Crippen molar-refractivity contribution in [2.45, 2.75) is 58.7 Å². The Kier molecular flexibility index (Phi) is 8.11. The maximum absolute atomic E-state index is 12.1. The Balaban J connectivity index is 2.28. The van der Waals surface area contributed by atoms with E-state index in [2.05, 4.69) is 36.3 Å². The second-order valence-corrected chi connectivity index (χ2v) is 5.72. The molecule has 0 spiro atoms. The van der Waals surface area contributed by atoms with E-state index in [0.717, 1.165) is 45.7 Å². The van der Waals surface area contributed by atoms with Gasteiger partial charge in [-0.2, -0.15) is 0 Å². The zero-order valence-corrected chi connectivity index (χ0v) is 13.4. The van der Waals surface area contributed by atoms with Crippen LogP contribution in [-0.4, -0.2) is 61.8 Å². The summed E-state index contributed by atoms with van der Waals surface area (Å²) in [5.41, 5.74) is 0. The first-order valence-corrected chi connectivity index (χ1v) is 7.93. The van der Waals surface area contributed by atoms with Crippen LogP contribution in [0.5, 0.6) is 0 Å². The van der Waals surface area contributed by atoms with Crippen molar-refractivity contribution >= 4 is 5.91 Å². The van der Waals surface area contributed by atoms with Gasteiger partial charge in [0.25, 0.3) is 0 Å². The van der Waals surface area contributed by atoms with E-state index in [-0.39, 0.29) is 11.9 Å². The van der Waals surface area contributed by atoms with E-state index in [1.54, 1.807) is 0 Å². The average molecular weight is 285 g/mol. The first-order valence-electron chi connectivity index (χ1n) is 7.93. The van der Waals surface area contributed by atoms with Crippen LogP contribution in [0.15, 0.2) is 0 Å². The number of hydrogen-bond donors (Lipinski definition) is 2. The first-order chi connectivity index (χ1) is 9.56. The third-order valence-corrected chi connectivity index (χ3v) is 3.90. The molecule has 20 heavy (non-hydrogen) atoms. The van der Waals surface area contributed by atoms with Crippen LogP contribution in [0.25, 0.3) is 0 Å². The van der Waals surface area contributed by atoms with Crippen LogP contribution in [-0.2, 0) is 9.53 Å². The molecule has 1 fully saturated rings. The van der Waals surface area contributed by atoms with Gasteiger partial charge in [-0.1, -0.05) is 13.8 Å². The number of carbonyl (C=O) groups excluding carboxylic acids is 1. The minimum absolute atomic E-state index is 0.104. The Morgan fingerprint density at radius 3 is 2.35 bits per heavy atom. The molecule has 5 nitrogen and oxygen atoms in total. The van der Waals surface area contributed by atoms with E-state index in [4.69, 9.17) is 4.74 Å². The molecule has 2 atom stereocenters. The minimum atomic E-state index is -0.147. The largest absolute Gasteiger partial charge is 0.379 e. The predicted molar refractivity (Wildman–Crippen MR) is 81.8 cm³/mol. The van der Waals surface area contributed by atoms with Gasteiger partial charge < -0.3 is 15.4 Å². The number of nitrogens with zero attached hydrogens (tertiary/aromatic N) is 1. The van der Waals surface area contributed by atoms with Gasteiger partial charge in [-0.25, -0.2) is 0 Å². The van der Waals surface area contributed by atoms with Gasteiger partial charge in [0.15, 0.2) is 0 Å². The predicted octanol–water partition coefficient (Wildman–Crippen LogP) is 0.990. The van der Waals surface area contributed by atoms with Gasteiger partial charge in [-0.15, -0.1) is 0 Å². The molecule has 0 aromatic rings. The summed E-state index contributed by atoms with van der Waals surface area (Å²) < 4.78 is 5.34. The monoisotopic (exact) mass is 285 g/mol. The quantitative estimate of drug-likeness (QED) is 0.698. The van der Waals surface area contributed by atoms with E-state index < -0.39 is 0 Å². The lowest BCUT2D eigenvalue weighted by atomic mass is 10.1. The Morgan fingerprint density at radius 2 is 1.80 bits per heavy atom. The SMILES string of the molecule is CCC(CC)NC(=O)C(C)NC(C)CN1CCOCC1. The Morgan fingerprint density at radius 1 is 1.20 bits per heavy atom. The number of hydrogen-bond acceptors (Lipinski definition) is 4. The normalized spacial score (nSPS) is 19.9. The Labute approximate surface area is 123 Å². The van der Waals surface area contributed by atoms with Gasteiger partial charge in [-0.05, 0) is 26.7 Å². The van der Waals surface area contributed by atoms with E-state index >= 15 is 0 Å². The van der Waals surface area contributed by atoms with Crippen LogP contribution in [0.3, 0.4) is 0 Å². The molecule has 1 aliphatic heterocycles. The lowest BCUT2D eigenvalue weighted by Gasteiger charge is -2.30. The number of nitrogens with one attached hydrogen (secondary N) is 2. The van der Waals surface area contributed by atoms with E-state index in [9.17, 15) is 4.79 Å². The topological polar surface area (TPSA) is 53.6 Å². The molecule has 0 bridgehead atoms. The van der Waals surface area contributed by atoms with Crippen molar-refractivity contribution in [3.63, 3.8) is 0 Å². The van der Waals surface area contributed by atoms with Gasteiger partial charge in [0.05, 0.1) is 19.3 Å². The molecule has 1 amide bonds. The van der Waals surface area contributed by atoms with Gasteiger partial charge in [0.1, 0.15) is 0 Å². The zero-order chi connectivity index (χ0) is 15.0. The van der Waals surface area contributed by atoms with Crippen LogP contribution in [0.2, 0.25) is 0 Å². The van der Waals surface area contributed by atoms with Crippen LogP contribution >= 0.6 is 0 Å². The van der Waals surface area contributed by atoms with Gasteiger partial charge in [0, 0.05) is 31.7 Å². The molecule has 0 aliphatic carbocycles. The highest BCUT2D eigenvalue weighted by atomic mass is 16.5. The highest BCUT2D eigenvalue weighted by molar-refractivity contribution is 5.81. The van der Waals surface area contributed by atoms with Crippen molar-refractivity contribution in [3.05, 3.63) is 0 Å². The molecule has 1 rings (SSSR count). The number of rotatable bonds is 8. The van der Waals surface area contributed by atoms with Crippen LogP contribution in [0.4, 0.5) is 0 Å². The third kappa shape index (κ3) is 6.20. The summed E-state index contributed by atoms with van der Waals surface area (Å²) in [5, 5.41) is 6.48. The standard InChI is InChI=1S/C15H31N3O2/c1-5-14(6-2)17-15(19)13(4)16-12(3)11-18-7-9-20-10-8-18/h12-14,16H,5-11H2,1-4H3,(H,17,19). The van der Waals surface area contributed by atoms with Crippen molar-refractivity contribution in [2.24, 2.45) is 0 Å². The van der Waals surface area contributed by atoms with Gasteiger partial charge in [-0.3, -0.25) is 9.69 Å². The lowest BCUT2D eigenvalue weighted by Crippen LogP contribution is -2.52. The molecule has 0 aromatic heterocycles. The maximum atomic E-state index is 12.1. The molecule has 1 saturated heterocycles. The van der Waals surface area contributed by atoms with Crippen LogP contribution in [0.1, 0.15) is 40.5 Å². The van der Waals surface area contributed by atoms with Crippen LogP contribution in [0, 0.1) is 0 Å². The van der Waals surface area contributed by atoms with Gasteiger partial charge >= 0.3 is 0 Å². The average Bonchev–Trinajstić information content (AvgIpc) is 2.45. The first kappa shape index (κ1) is 17.4. The molecule has 2 unspecified atom stereocenters. The van der Waals surface area contributed by atoms with E-state index in [1.807, 2.05) is 6.92 Å². The smallest absolute Gasteiger partial charge is 0.237 e. The highest BCUT2D eigenvalue weighted by Gasteiger charge is 2.19. The van der Waals surface area contributed by atoms with Crippen molar-refractivity contribution in [2.75, 3.05) is 32.8 Å². The molecule has 0 aromatic carbocycles. The number of morpholine rings is 1. The van der Waals surface area contributed by atoms with E-state index in [0.29, 0.717) is 12.1 Å². The molecule has 1 aliphatic rings. The Bertz CT molecular complexity index is 276. The van der Waals surface area contributed by atoms with Crippen molar-refractivity contribution in [1.29, 1.82) is 0 Å².